The SMILES string of the molecule is Cc1cc(F)c(F)cc1-c1cccc(C#N)c1.Cc1cc(F)c(F)cc1Br.N#Cc1cccc(B(O)O)c1. The number of benzene rings is 4. The van der Waals surface area contributed by atoms with Gasteiger partial charge in [0.2, 0.25) is 0 Å². The Balaban J connectivity index is 0.000000211. The summed E-state index contributed by atoms with van der Waals surface area (Å²) in [5.74, 6) is -3.37. The van der Waals surface area contributed by atoms with E-state index in [-0.39, 0.29) is 0 Å². The summed E-state index contributed by atoms with van der Waals surface area (Å²) in [5.41, 5.74) is 3.89. The molecule has 0 aliphatic rings. The van der Waals surface area contributed by atoms with Crippen LogP contribution in [0.4, 0.5) is 17.6 Å². The van der Waals surface area contributed by atoms with Crippen LogP contribution in [0.25, 0.3) is 11.1 Å². The summed E-state index contributed by atoms with van der Waals surface area (Å²) in [5, 5.41) is 34.6. The Labute approximate surface area is 226 Å². The molecular weight excluding hydrogens is 563 g/mol. The number of nitrogens with zero attached hydrogens (tertiary/aromatic N) is 2. The van der Waals surface area contributed by atoms with Crippen LogP contribution in [0.2, 0.25) is 0 Å². The van der Waals surface area contributed by atoms with Gasteiger partial charge in [0.25, 0.3) is 0 Å². The van der Waals surface area contributed by atoms with Crippen LogP contribution in [0.3, 0.4) is 0 Å². The predicted octanol–water partition coefficient (Wildman–Crippen LogP) is 6.09. The van der Waals surface area contributed by atoms with Crippen molar-refractivity contribution in [3.05, 3.63) is 123 Å². The van der Waals surface area contributed by atoms with Gasteiger partial charge in [0.1, 0.15) is 0 Å². The first-order valence-corrected chi connectivity index (χ1v) is 11.7. The zero-order valence-electron chi connectivity index (χ0n) is 20.2. The first-order chi connectivity index (χ1) is 18.0. The van der Waals surface area contributed by atoms with E-state index in [1.165, 1.54) is 6.07 Å². The maximum absolute atomic E-state index is 13.2. The molecule has 0 saturated carbocycles. The van der Waals surface area contributed by atoms with E-state index in [9.17, 15) is 17.6 Å². The van der Waals surface area contributed by atoms with Crippen LogP contribution >= 0.6 is 15.9 Å². The van der Waals surface area contributed by atoms with Gasteiger partial charge in [-0.05, 0) is 90.1 Å². The Morgan fingerprint density at radius 1 is 0.684 bits per heavy atom. The minimum absolute atomic E-state index is 0.337. The van der Waals surface area contributed by atoms with Gasteiger partial charge < -0.3 is 10.0 Å². The molecule has 0 bridgehead atoms. The van der Waals surface area contributed by atoms with E-state index in [4.69, 9.17) is 20.6 Å². The van der Waals surface area contributed by atoms with Crippen LogP contribution in [0.15, 0.2) is 77.3 Å². The van der Waals surface area contributed by atoms with E-state index in [0.29, 0.717) is 43.3 Å². The summed E-state index contributed by atoms with van der Waals surface area (Å²) in [6, 6.07) is 21.5. The number of nitriles is 2. The molecule has 0 fully saturated rings. The average Bonchev–Trinajstić information content (AvgIpc) is 2.90. The van der Waals surface area contributed by atoms with Crippen LogP contribution in [0.1, 0.15) is 22.3 Å². The molecule has 4 nitrogen and oxygen atoms in total. The quantitative estimate of drug-likeness (QED) is 0.170. The Morgan fingerprint density at radius 3 is 1.74 bits per heavy atom. The summed E-state index contributed by atoms with van der Waals surface area (Å²) in [6.45, 7) is 3.41. The molecule has 0 aliphatic heterocycles. The fourth-order valence-electron chi connectivity index (χ4n) is 3.10. The highest BCUT2D eigenvalue weighted by Gasteiger charge is 2.10. The average molecular weight is 583 g/mol. The van der Waals surface area contributed by atoms with Crippen molar-refractivity contribution in [2.24, 2.45) is 0 Å². The number of hydrogen-bond donors (Lipinski definition) is 2. The molecule has 0 radical (unpaired) electrons. The standard InChI is InChI=1S/C14H9F2N.C7H6BNO2.C7H5BrF2/c1-9-5-13(15)14(16)7-12(9)11-4-2-3-10(6-11)8-17;9-5-6-2-1-3-7(4-6)8(10)11;1-4-2-6(9)7(10)3-5(4)8/h2-7H,1H3;1-4,10-11H;2-3H,1H3. The lowest BCUT2D eigenvalue weighted by Gasteiger charge is -2.07. The third-order valence-electron chi connectivity index (χ3n) is 5.09. The van der Waals surface area contributed by atoms with E-state index >= 15 is 0 Å². The van der Waals surface area contributed by atoms with Crippen LogP contribution in [-0.4, -0.2) is 17.2 Å². The van der Waals surface area contributed by atoms with Gasteiger partial charge in [-0.1, -0.05) is 40.2 Å². The van der Waals surface area contributed by atoms with Crippen molar-refractivity contribution in [1.29, 1.82) is 10.5 Å². The Bertz CT molecular complexity index is 1470. The fourth-order valence-corrected chi connectivity index (χ4v) is 3.42. The summed E-state index contributed by atoms with van der Waals surface area (Å²) in [4.78, 5) is 0. The molecule has 0 unspecified atom stereocenters. The van der Waals surface area contributed by atoms with Gasteiger partial charge in [0.15, 0.2) is 23.3 Å². The van der Waals surface area contributed by atoms with Gasteiger partial charge in [0.05, 0.1) is 23.3 Å². The van der Waals surface area contributed by atoms with Crippen LogP contribution in [0.5, 0.6) is 0 Å². The molecule has 0 amide bonds. The van der Waals surface area contributed by atoms with Crippen molar-refractivity contribution in [3.8, 4) is 23.3 Å². The van der Waals surface area contributed by atoms with Gasteiger partial charge >= 0.3 is 7.12 Å². The molecular formula is C28H20BBrF4N2O2. The zero-order valence-corrected chi connectivity index (χ0v) is 21.8. The second-order valence-electron chi connectivity index (χ2n) is 7.90. The second kappa shape index (κ2) is 14.1. The highest BCUT2D eigenvalue weighted by Crippen LogP contribution is 2.26. The minimum atomic E-state index is -1.50. The molecule has 10 heteroatoms. The summed E-state index contributed by atoms with van der Waals surface area (Å²) < 4.78 is 51.5. The lowest BCUT2D eigenvalue weighted by atomic mass is 9.80. The zero-order chi connectivity index (χ0) is 28.4. The number of aryl methyl sites for hydroxylation is 2. The fraction of sp³-hybridized carbons (Fsp3) is 0.0714. The first kappa shape index (κ1) is 30.3. The summed E-state index contributed by atoms with van der Waals surface area (Å²) >= 11 is 3.07. The number of rotatable bonds is 2. The molecule has 4 rings (SSSR count). The van der Waals surface area contributed by atoms with E-state index in [2.05, 4.69) is 15.9 Å². The highest BCUT2D eigenvalue weighted by atomic mass is 79.9. The molecule has 0 saturated heterocycles. The normalized spacial score (nSPS) is 9.66. The van der Waals surface area contributed by atoms with E-state index in [1.807, 2.05) is 12.1 Å². The van der Waals surface area contributed by atoms with E-state index in [1.54, 1.807) is 56.3 Å². The highest BCUT2D eigenvalue weighted by molar-refractivity contribution is 9.10. The van der Waals surface area contributed by atoms with E-state index in [0.717, 1.165) is 24.3 Å². The molecule has 0 aliphatic carbocycles. The van der Waals surface area contributed by atoms with Gasteiger partial charge in [0, 0.05) is 4.47 Å². The number of hydrogen-bond acceptors (Lipinski definition) is 4. The van der Waals surface area contributed by atoms with Crippen molar-refractivity contribution in [3.63, 3.8) is 0 Å². The number of halogens is 5. The molecule has 2 N–H and O–H groups in total. The van der Waals surface area contributed by atoms with E-state index < -0.39 is 30.4 Å². The van der Waals surface area contributed by atoms with Crippen LogP contribution in [0, 0.1) is 59.8 Å². The van der Waals surface area contributed by atoms with Gasteiger partial charge in [-0.2, -0.15) is 10.5 Å². The Kier molecular flexibility index (Phi) is 11.2. The van der Waals surface area contributed by atoms with Crippen molar-refractivity contribution >= 4 is 28.5 Å². The molecule has 0 heterocycles. The molecule has 0 spiro atoms. The maximum Gasteiger partial charge on any atom is 0.488 e. The molecule has 4 aromatic rings. The van der Waals surface area contributed by atoms with Gasteiger partial charge in [-0.3, -0.25) is 0 Å². The summed E-state index contributed by atoms with van der Waals surface area (Å²) in [6.07, 6.45) is 0. The lowest BCUT2D eigenvalue weighted by molar-refractivity contribution is 0.426. The lowest BCUT2D eigenvalue weighted by Crippen LogP contribution is -2.29. The molecule has 0 aromatic heterocycles. The van der Waals surface area contributed by atoms with Gasteiger partial charge in [-0.15, -0.1) is 0 Å². The predicted molar refractivity (Wildman–Crippen MR) is 141 cm³/mol. The molecule has 0 atom stereocenters. The third kappa shape index (κ3) is 8.57. The van der Waals surface area contributed by atoms with Crippen molar-refractivity contribution < 1.29 is 27.6 Å². The Morgan fingerprint density at radius 2 is 1.18 bits per heavy atom. The first-order valence-electron chi connectivity index (χ1n) is 10.9. The maximum atomic E-state index is 13.2. The minimum Gasteiger partial charge on any atom is -0.423 e. The smallest absolute Gasteiger partial charge is 0.423 e. The molecule has 4 aromatic carbocycles. The second-order valence-corrected chi connectivity index (χ2v) is 8.75. The Hall–Kier alpha value is -3.96. The summed E-state index contributed by atoms with van der Waals surface area (Å²) in [7, 11) is -1.50. The third-order valence-corrected chi connectivity index (χ3v) is 5.94. The largest absolute Gasteiger partial charge is 0.488 e. The van der Waals surface area contributed by atoms with Crippen LogP contribution < -0.4 is 5.46 Å². The van der Waals surface area contributed by atoms with Crippen molar-refractivity contribution in [2.45, 2.75) is 13.8 Å². The van der Waals surface area contributed by atoms with Crippen molar-refractivity contribution in [2.75, 3.05) is 0 Å². The monoisotopic (exact) mass is 582 g/mol. The van der Waals surface area contributed by atoms with Crippen molar-refractivity contribution in [1.82, 2.24) is 0 Å². The molecule has 192 valence electrons. The van der Waals surface area contributed by atoms with Gasteiger partial charge in [-0.25, -0.2) is 17.6 Å². The topological polar surface area (TPSA) is 88.0 Å². The molecule has 38 heavy (non-hydrogen) atoms. The van der Waals surface area contributed by atoms with Crippen LogP contribution in [-0.2, 0) is 0 Å².